The molecule has 0 spiro atoms. The summed E-state index contributed by atoms with van der Waals surface area (Å²) in [6.07, 6.45) is 1.74. The van der Waals surface area contributed by atoms with Gasteiger partial charge in [-0.2, -0.15) is 0 Å². The Balaban J connectivity index is 0.647. The van der Waals surface area contributed by atoms with Crippen LogP contribution >= 0.6 is 11.3 Å². The molecular formula is C51H54N8O9S. The molecule has 5 heterocycles. The Hall–Kier alpha value is -6.83. The standard InChI is InChI=1S/C51H54N8O9S/c1-51(17-16-42(60)54-49(51)65)59-47(63)39-8-5-9-41(43(39)48(59)64)52-18-25-66-27-29-68-30-28-67-26-24-56-20-22-57(23-21-56)38-14-12-34(13-15-38)36-10-11-37-33-58(46(62)40(37)32-36)44(35-6-3-2-4-7-35)45(61)55-50-53-19-31-69-50/h2-15,19,31-32,44,52H,16-18,20-30,33H2,1H3,(H,53,55,61)(H,54,60,65)/t44-,51?/m0/s1. The lowest BCUT2D eigenvalue weighted by atomic mass is 9.89. The van der Waals surface area contributed by atoms with Crippen molar-refractivity contribution in [1.82, 2.24) is 25.0 Å². The molecule has 3 N–H and O–H groups in total. The van der Waals surface area contributed by atoms with Crippen molar-refractivity contribution >= 4 is 63.3 Å². The van der Waals surface area contributed by atoms with E-state index in [0.717, 1.165) is 65.6 Å². The van der Waals surface area contributed by atoms with Gasteiger partial charge in [-0.1, -0.05) is 60.7 Å². The molecule has 9 rings (SSSR count). The van der Waals surface area contributed by atoms with Crippen LogP contribution in [-0.4, -0.2) is 140 Å². The minimum absolute atomic E-state index is 0.0406. The molecule has 1 unspecified atom stereocenters. The summed E-state index contributed by atoms with van der Waals surface area (Å²) < 4.78 is 17.2. The lowest BCUT2D eigenvalue weighted by Gasteiger charge is -2.38. The second kappa shape index (κ2) is 21.2. The molecule has 2 saturated heterocycles. The number of amides is 6. The zero-order valence-corrected chi connectivity index (χ0v) is 39.1. The van der Waals surface area contributed by atoms with Crippen LogP contribution in [0.5, 0.6) is 0 Å². The maximum Gasteiger partial charge on any atom is 0.264 e. The number of benzene rings is 4. The van der Waals surface area contributed by atoms with Crippen molar-refractivity contribution < 1.29 is 43.0 Å². The first-order chi connectivity index (χ1) is 33.6. The Morgan fingerprint density at radius 3 is 2.23 bits per heavy atom. The van der Waals surface area contributed by atoms with E-state index in [9.17, 15) is 28.8 Å². The molecule has 0 bridgehead atoms. The molecule has 358 valence electrons. The Labute approximate surface area is 403 Å². The average molecular weight is 955 g/mol. The van der Waals surface area contributed by atoms with Crippen LogP contribution in [0.15, 0.2) is 103 Å². The molecule has 5 aromatic rings. The smallest absolute Gasteiger partial charge is 0.264 e. The fraction of sp³-hybridized carbons (Fsp3) is 0.353. The largest absolute Gasteiger partial charge is 0.382 e. The van der Waals surface area contributed by atoms with Crippen LogP contribution < -0.4 is 20.9 Å². The minimum Gasteiger partial charge on any atom is -0.382 e. The number of hydrogen-bond donors (Lipinski definition) is 3. The van der Waals surface area contributed by atoms with Gasteiger partial charge in [-0.15, -0.1) is 11.3 Å². The molecule has 0 radical (unpaired) electrons. The number of carbonyl (C=O) groups is 6. The number of carbonyl (C=O) groups excluding carboxylic acids is 6. The first-order valence-corrected chi connectivity index (χ1v) is 24.1. The van der Waals surface area contributed by atoms with E-state index >= 15 is 0 Å². The topological polar surface area (TPSA) is 192 Å². The summed E-state index contributed by atoms with van der Waals surface area (Å²) in [6, 6.07) is 28.0. The van der Waals surface area contributed by atoms with Gasteiger partial charge in [0.2, 0.25) is 5.91 Å². The summed E-state index contributed by atoms with van der Waals surface area (Å²) in [5.41, 5.74) is 4.77. The van der Waals surface area contributed by atoms with Crippen molar-refractivity contribution in [2.75, 3.05) is 94.4 Å². The fourth-order valence-corrected chi connectivity index (χ4v) is 9.79. The number of ether oxygens (including phenoxy) is 3. The molecule has 4 aliphatic rings. The average Bonchev–Trinajstić information content (AvgIpc) is 4.07. The zero-order chi connectivity index (χ0) is 47.9. The highest BCUT2D eigenvalue weighted by Gasteiger charge is 2.53. The zero-order valence-electron chi connectivity index (χ0n) is 38.3. The summed E-state index contributed by atoms with van der Waals surface area (Å²) in [7, 11) is 0. The van der Waals surface area contributed by atoms with Crippen LogP contribution in [0, 0.1) is 0 Å². The van der Waals surface area contributed by atoms with Crippen LogP contribution in [0.1, 0.15) is 68.0 Å². The van der Waals surface area contributed by atoms with Gasteiger partial charge in [-0.05, 0) is 65.9 Å². The summed E-state index contributed by atoms with van der Waals surface area (Å²) in [5.74, 6) is -2.69. The van der Waals surface area contributed by atoms with Crippen LogP contribution in [0.2, 0.25) is 0 Å². The Kier molecular flexibility index (Phi) is 14.5. The maximum absolute atomic E-state index is 14.0. The number of nitrogens with one attached hydrogen (secondary N) is 3. The SMILES string of the molecule is CC1(N2C(=O)c3cccc(NCCOCCOCCOCCN4CCN(c5ccc(-c6ccc7c(c6)C(=O)N([C@H](C(=O)Nc6nccs6)c6ccccc6)C7)cc5)CC4)c3C2=O)CCC(=O)NC1=O. The van der Waals surface area contributed by atoms with E-state index in [-0.39, 0.29) is 35.8 Å². The van der Waals surface area contributed by atoms with Gasteiger partial charge < -0.3 is 29.3 Å². The van der Waals surface area contributed by atoms with Gasteiger partial charge in [0, 0.05) is 80.7 Å². The van der Waals surface area contributed by atoms with E-state index in [4.69, 9.17) is 14.2 Å². The monoisotopic (exact) mass is 954 g/mol. The quantitative estimate of drug-likeness (QED) is 0.0681. The first kappa shape index (κ1) is 47.2. The first-order valence-electron chi connectivity index (χ1n) is 23.2. The third kappa shape index (κ3) is 10.3. The number of hydrogen-bond acceptors (Lipinski definition) is 14. The van der Waals surface area contributed by atoms with Crippen molar-refractivity contribution in [3.05, 3.63) is 130 Å². The predicted octanol–water partition coefficient (Wildman–Crippen LogP) is 5.22. The number of piperidine rings is 1. The normalized spacial score (nSPS) is 18.6. The second-order valence-electron chi connectivity index (χ2n) is 17.4. The second-order valence-corrected chi connectivity index (χ2v) is 18.3. The third-order valence-corrected chi connectivity index (χ3v) is 13.8. The number of thiazole rings is 1. The number of rotatable bonds is 20. The lowest BCUT2D eigenvalue weighted by Crippen LogP contribution is -2.62. The molecular weight excluding hydrogens is 901 g/mol. The summed E-state index contributed by atoms with van der Waals surface area (Å²) >= 11 is 1.33. The van der Waals surface area contributed by atoms with Crippen molar-refractivity contribution in [1.29, 1.82) is 0 Å². The van der Waals surface area contributed by atoms with E-state index in [1.54, 1.807) is 34.7 Å². The number of anilines is 3. The van der Waals surface area contributed by atoms with Gasteiger partial charge in [0.05, 0.1) is 50.8 Å². The molecule has 0 aliphatic carbocycles. The van der Waals surface area contributed by atoms with Crippen LogP contribution in [0.25, 0.3) is 11.1 Å². The van der Waals surface area contributed by atoms with E-state index < -0.39 is 35.2 Å². The van der Waals surface area contributed by atoms with Crippen LogP contribution in [-0.2, 0) is 35.1 Å². The number of aromatic nitrogens is 1. The Morgan fingerprint density at radius 1 is 0.783 bits per heavy atom. The molecule has 1 aromatic heterocycles. The van der Waals surface area contributed by atoms with Gasteiger partial charge >= 0.3 is 0 Å². The molecule has 0 saturated carbocycles. The third-order valence-electron chi connectivity index (χ3n) is 13.1. The van der Waals surface area contributed by atoms with Crippen LogP contribution in [0.4, 0.5) is 16.5 Å². The molecule has 4 aliphatic heterocycles. The van der Waals surface area contributed by atoms with Crippen molar-refractivity contribution in [2.24, 2.45) is 0 Å². The predicted molar refractivity (Wildman–Crippen MR) is 259 cm³/mol. The molecule has 18 heteroatoms. The van der Waals surface area contributed by atoms with Crippen molar-refractivity contribution in [3.63, 3.8) is 0 Å². The highest BCUT2D eigenvalue weighted by atomic mass is 32.1. The molecule has 6 amide bonds. The van der Waals surface area contributed by atoms with Gasteiger partial charge in [0.1, 0.15) is 11.6 Å². The van der Waals surface area contributed by atoms with Crippen LogP contribution in [0.3, 0.4) is 0 Å². The molecule has 4 aromatic carbocycles. The van der Waals surface area contributed by atoms with Gasteiger partial charge in [0.25, 0.3) is 29.5 Å². The molecule has 69 heavy (non-hydrogen) atoms. The van der Waals surface area contributed by atoms with Crippen molar-refractivity contribution in [3.8, 4) is 11.1 Å². The van der Waals surface area contributed by atoms with E-state index in [1.807, 2.05) is 48.5 Å². The lowest BCUT2D eigenvalue weighted by molar-refractivity contribution is -0.141. The minimum atomic E-state index is -1.45. The molecule has 17 nitrogen and oxygen atoms in total. The Bertz CT molecular complexity index is 2700. The summed E-state index contributed by atoms with van der Waals surface area (Å²) in [6.45, 7) is 9.33. The van der Waals surface area contributed by atoms with Gasteiger partial charge in [0.15, 0.2) is 5.13 Å². The molecule has 2 fully saturated rings. The maximum atomic E-state index is 14.0. The van der Waals surface area contributed by atoms with E-state index in [2.05, 4.69) is 55.0 Å². The van der Waals surface area contributed by atoms with Gasteiger partial charge in [-0.25, -0.2) is 4.98 Å². The van der Waals surface area contributed by atoms with Gasteiger partial charge in [-0.3, -0.25) is 49.2 Å². The number of piperazine rings is 1. The van der Waals surface area contributed by atoms with E-state index in [0.29, 0.717) is 69.1 Å². The highest BCUT2D eigenvalue weighted by Crippen LogP contribution is 2.38. The van der Waals surface area contributed by atoms with E-state index in [1.165, 1.54) is 18.3 Å². The highest BCUT2D eigenvalue weighted by molar-refractivity contribution is 7.13. The summed E-state index contributed by atoms with van der Waals surface area (Å²) in [4.78, 5) is 90.3. The number of nitrogens with zero attached hydrogens (tertiary/aromatic N) is 5. The Morgan fingerprint density at radius 2 is 1.51 bits per heavy atom. The molecule has 2 atom stereocenters. The number of fused-ring (bicyclic) bond motifs is 2. The number of imide groups is 2. The van der Waals surface area contributed by atoms with Crippen molar-refractivity contribution in [2.45, 2.75) is 37.9 Å². The summed E-state index contributed by atoms with van der Waals surface area (Å²) in [5, 5.41) is 10.6. The fourth-order valence-electron chi connectivity index (χ4n) is 9.26.